The third kappa shape index (κ3) is 2.42. The fraction of sp³-hybridized carbons (Fsp3) is 0.444. The standard InChI is InChI=1S/C18H21N5O/c1-12-6-5-7-14-10-15(18-19-20-21-23(18)17(12)14)11-22(13(2)24)16-8-3-4-9-16/h5-7,10,16H,3-4,8-9,11H2,1-2H3. The maximum atomic E-state index is 12.2. The van der Waals surface area contributed by atoms with E-state index in [9.17, 15) is 4.79 Å². The van der Waals surface area contributed by atoms with Gasteiger partial charge in [0.1, 0.15) is 0 Å². The summed E-state index contributed by atoms with van der Waals surface area (Å²) >= 11 is 0. The molecule has 0 spiro atoms. The van der Waals surface area contributed by atoms with Crippen LogP contribution in [0.3, 0.4) is 0 Å². The molecule has 4 rings (SSSR count). The van der Waals surface area contributed by atoms with Crippen LogP contribution in [0.4, 0.5) is 0 Å². The lowest BCUT2D eigenvalue weighted by Gasteiger charge is -2.28. The molecule has 0 bridgehead atoms. The Labute approximate surface area is 140 Å². The average Bonchev–Trinajstić information content (AvgIpc) is 3.23. The Morgan fingerprint density at radius 2 is 2.12 bits per heavy atom. The molecular formula is C18H21N5O. The normalized spacial score (nSPS) is 15.4. The van der Waals surface area contributed by atoms with Gasteiger partial charge in [0.25, 0.3) is 0 Å². The number of benzene rings is 1. The van der Waals surface area contributed by atoms with Gasteiger partial charge in [0.15, 0.2) is 5.65 Å². The van der Waals surface area contributed by atoms with Crippen molar-refractivity contribution in [3.63, 3.8) is 0 Å². The maximum Gasteiger partial charge on any atom is 0.219 e. The molecule has 6 nitrogen and oxygen atoms in total. The third-order valence-corrected chi connectivity index (χ3v) is 5.08. The molecule has 6 heteroatoms. The van der Waals surface area contributed by atoms with Gasteiger partial charge in [-0.05, 0) is 41.8 Å². The molecule has 2 aromatic heterocycles. The van der Waals surface area contributed by atoms with Crippen LogP contribution >= 0.6 is 0 Å². The first-order valence-electron chi connectivity index (χ1n) is 8.51. The zero-order valence-electron chi connectivity index (χ0n) is 14.1. The minimum atomic E-state index is 0.122. The summed E-state index contributed by atoms with van der Waals surface area (Å²) in [6.45, 7) is 4.28. The molecule has 0 radical (unpaired) electrons. The number of aryl methyl sites for hydroxylation is 1. The van der Waals surface area contributed by atoms with E-state index in [4.69, 9.17) is 0 Å². The van der Waals surface area contributed by atoms with Gasteiger partial charge in [-0.25, -0.2) is 0 Å². The maximum absolute atomic E-state index is 12.2. The first kappa shape index (κ1) is 15.1. The van der Waals surface area contributed by atoms with Crippen molar-refractivity contribution < 1.29 is 4.79 Å². The molecule has 0 unspecified atom stereocenters. The van der Waals surface area contributed by atoms with Crippen molar-refractivity contribution in [3.8, 4) is 0 Å². The van der Waals surface area contributed by atoms with Gasteiger partial charge in [0, 0.05) is 30.5 Å². The molecule has 1 aromatic carbocycles. The topological polar surface area (TPSA) is 63.4 Å². The predicted molar refractivity (Wildman–Crippen MR) is 91.5 cm³/mol. The number of carbonyl (C=O) groups is 1. The molecule has 1 aliphatic carbocycles. The van der Waals surface area contributed by atoms with E-state index in [-0.39, 0.29) is 5.91 Å². The highest BCUT2D eigenvalue weighted by Crippen LogP contribution is 2.27. The lowest BCUT2D eigenvalue weighted by molar-refractivity contribution is -0.131. The second-order valence-corrected chi connectivity index (χ2v) is 6.68. The van der Waals surface area contributed by atoms with E-state index in [1.165, 1.54) is 12.8 Å². The van der Waals surface area contributed by atoms with Crippen molar-refractivity contribution in [1.82, 2.24) is 24.9 Å². The van der Waals surface area contributed by atoms with Crippen molar-refractivity contribution in [2.75, 3.05) is 0 Å². The Kier molecular flexibility index (Phi) is 3.67. The summed E-state index contributed by atoms with van der Waals surface area (Å²) < 4.78 is 1.80. The number of tetrazole rings is 1. The van der Waals surface area contributed by atoms with Gasteiger partial charge in [-0.3, -0.25) is 4.79 Å². The van der Waals surface area contributed by atoms with E-state index < -0.39 is 0 Å². The first-order valence-corrected chi connectivity index (χ1v) is 8.51. The number of aromatic nitrogens is 4. The van der Waals surface area contributed by atoms with Gasteiger partial charge in [-0.1, -0.05) is 31.0 Å². The quantitative estimate of drug-likeness (QED) is 0.743. The van der Waals surface area contributed by atoms with Crippen LogP contribution in [0.15, 0.2) is 24.3 Å². The van der Waals surface area contributed by atoms with Crippen LogP contribution in [-0.2, 0) is 11.3 Å². The zero-order valence-corrected chi connectivity index (χ0v) is 14.1. The smallest absolute Gasteiger partial charge is 0.219 e. The molecule has 0 saturated heterocycles. The van der Waals surface area contributed by atoms with Crippen LogP contribution in [0.2, 0.25) is 0 Å². The molecule has 0 atom stereocenters. The highest BCUT2D eigenvalue weighted by Gasteiger charge is 2.26. The summed E-state index contributed by atoms with van der Waals surface area (Å²) in [6.07, 6.45) is 4.58. The summed E-state index contributed by atoms with van der Waals surface area (Å²) in [4.78, 5) is 14.2. The zero-order chi connectivity index (χ0) is 16.7. The number of pyridine rings is 1. The van der Waals surface area contributed by atoms with Crippen molar-refractivity contribution in [1.29, 1.82) is 0 Å². The Morgan fingerprint density at radius 3 is 2.88 bits per heavy atom. The minimum absolute atomic E-state index is 0.122. The lowest BCUT2D eigenvalue weighted by atomic mass is 10.1. The number of nitrogens with zero attached hydrogens (tertiary/aromatic N) is 5. The van der Waals surface area contributed by atoms with Crippen LogP contribution in [-0.4, -0.2) is 36.9 Å². The molecule has 1 fully saturated rings. The van der Waals surface area contributed by atoms with Crippen LogP contribution in [0.1, 0.15) is 43.7 Å². The average molecular weight is 323 g/mol. The van der Waals surface area contributed by atoms with Gasteiger partial charge in [0.05, 0.1) is 5.52 Å². The third-order valence-electron chi connectivity index (χ3n) is 5.08. The second-order valence-electron chi connectivity index (χ2n) is 6.68. The van der Waals surface area contributed by atoms with Crippen LogP contribution < -0.4 is 0 Å². The largest absolute Gasteiger partial charge is 0.335 e. The number of hydrogen-bond acceptors (Lipinski definition) is 4. The molecule has 24 heavy (non-hydrogen) atoms. The summed E-state index contributed by atoms with van der Waals surface area (Å²) in [6, 6.07) is 8.63. The summed E-state index contributed by atoms with van der Waals surface area (Å²) in [5, 5.41) is 13.3. The summed E-state index contributed by atoms with van der Waals surface area (Å²) in [5.74, 6) is 0.122. The van der Waals surface area contributed by atoms with Gasteiger partial charge in [0.2, 0.25) is 5.91 Å². The minimum Gasteiger partial charge on any atom is -0.335 e. The SMILES string of the molecule is CC(=O)N(Cc1cc2cccc(C)c2n2nnnc12)C1CCCC1. The highest BCUT2D eigenvalue weighted by molar-refractivity contribution is 5.86. The van der Waals surface area contributed by atoms with Crippen LogP contribution in [0.25, 0.3) is 16.6 Å². The van der Waals surface area contributed by atoms with Gasteiger partial charge in [-0.2, -0.15) is 4.52 Å². The number of para-hydroxylation sites is 1. The Hall–Kier alpha value is -2.50. The van der Waals surface area contributed by atoms with E-state index in [0.29, 0.717) is 12.6 Å². The van der Waals surface area contributed by atoms with E-state index in [0.717, 1.165) is 40.5 Å². The van der Waals surface area contributed by atoms with E-state index in [1.807, 2.05) is 11.0 Å². The molecule has 1 aliphatic rings. The van der Waals surface area contributed by atoms with Crippen molar-refractivity contribution in [3.05, 3.63) is 35.4 Å². The van der Waals surface area contributed by atoms with Crippen LogP contribution in [0, 0.1) is 6.92 Å². The molecule has 1 amide bonds. The van der Waals surface area contributed by atoms with E-state index >= 15 is 0 Å². The predicted octanol–water partition coefficient (Wildman–Crippen LogP) is 2.88. The molecule has 1 saturated carbocycles. The Morgan fingerprint density at radius 1 is 1.33 bits per heavy atom. The molecule has 0 aliphatic heterocycles. The lowest BCUT2D eigenvalue weighted by Crippen LogP contribution is -2.36. The second kappa shape index (κ2) is 5.85. The number of fused-ring (bicyclic) bond motifs is 3. The fourth-order valence-corrected chi connectivity index (χ4v) is 3.89. The monoisotopic (exact) mass is 323 g/mol. The van der Waals surface area contributed by atoms with E-state index in [2.05, 4.69) is 40.6 Å². The Balaban J connectivity index is 1.83. The van der Waals surface area contributed by atoms with Crippen LogP contribution in [0.5, 0.6) is 0 Å². The molecule has 0 N–H and O–H groups in total. The molecule has 3 aromatic rings. The van der Waals surface area contributed by atoms with Gasteiger partial charge < -0.3 is 4.90 Å². The number of rotatable bonds is 3. The van der Waals surface area contributed by atoms with Gasteiger partial charge in [-0.15, -0.1) is 5.10 Å². The Bertz CT molecular complexity index is 910. The fourth-order valence-electron chi connectivity index (χ4n) is 3.89. The number of hydrogen-bond donors (Lipinski definition) is 0. The first-order chi connectivity index (χ1) is 11.6. The van der Waals surface area contributed by atoms with Crippen molar-refractivity contribution in [2.24, 2.45) is 0 Å². The van der Waals surface area contributed by atoms with Gasteiger partial charge >= 0.3 is 0 Å². The summed E-state index contributed by atoms with van der Waals surface area (Å²) in [5.41, 5.74) is 3.90. The highest BCUT2D eigenvalue weighted by atomic mass is 16.2. The molecule has 2 heterocycles. The molecular weight excluding hydrogens is 302 g/mol. The summed E-state index contributed by atoms with van der Waals surface area (Å²) in [7, 11) is 0. The van der Waals surface area contributed by atoms with Crippen molar-refractivity contribution in [2.45, 2.75) is 52.1 Å². The number of carbonyl (C=O) groups excluding carboxylic acids is 1. The van der Waals surface area contributed by atoms with Crippen molar-refractivity contribution >= 4 is 22.5 Å². The number of amides is 1. The van der Waals surface area contributed by atoms with E-state index in [1.54, 1.807) is 11.4 Å². The molecule has 124 valence electrons.